The number of para-hydroxylation sites is 1. The van der Waals surface area contributed by atoms with Crippen molar-refractivity contribution in [1.82, 2.24) is 15.5 Å². The average Bonchev–Trinajstić information content (AvgIpc) is 3.50. The standard InChI is InChI=1S/C34H46N4O6S/c1-32(2,3)44-31(41)36-33(4,5)30(40)35-27(21-23-19-24-11-7-8-12-25(24)20-23)29(39)37-17-15-34(16-18-37)22-38(45(6,42)43)28-14-10-9-13-26(28)34/h7-14,23,27H,15-22H2,1-6H3,(H,35,40)(H,36,41)/t27-/m1/s1. The highest BCUT2D eigenvalue weighted by atomic mass is 32.2. The fraction of sp³-hybridized carbons (Fsp3) is 0.559. The fourth-order valence-electron chi connectivity index (χ4n) is 7.01. The van der Waals surface area contributed by atoms with Crippen molar-refractivity contribution in [3.8, 4) is 0 Å². The number of ether oxygens (including phenoxy) is 1. The van der Waals surface area contributed by atoms with Gasteiger partial charge in [-0.05, 0) is 95.4 Å². The molecule has 1 aliphatic carbocycles. The molecule has 1 saturated heterocycles. The molecule has 2 N–H and O–H groups in total. The molecule has 11 heteroatoms. The van der Waals surface area contributed by atoms with Gasteiger partial charge in [-0.25, -0.2) is 13.2 Å². The topological polar surface area (TPSA) is 125 Å². The minimum absolute atomic E-state index is 0.159. The first-order valence-corrected chi connectivity index (χ1v) is 17.6. The van der Waals surface area contributed by atoms with Gasteiger partial charge in [0.1, 0.15) is 17.2 Å². The van der Waals surface area contributed by atoms with Gasteiger partial charge < -0.3 is 20.3 Å². The number of piperidine rings is 1. The van der Waals surface area contributed by atoms with Gasteiger partial charge >= 0.3 is 6.09 Å². The van der Waals surface area contributed by atoms with E-state index in [0.29, 0.717) is 44.6 Å². The highest BCUT2D eigenvalue weighted by Crippen LogP contribution is 2.48. The lowest BCUT2D eigenvalue weighted by atomic mass is 9.74. The number of fused-ring (bicyclic) bond motifs is 3. The Balaban J connectivity index is 1.32. The number of nitrogens with zero attached hydrogens (tertiary/aromatic N) is 2. The maximum atomic E-state index is 14.2. The predicted molar refractivity (Wildman–Crippen MR) is 173 cm³/mol. The summed E-state index contributed by atoms with van der Waals surface area (Å²) in [5.74, 6) is -0.447. The molecule has 2 aromatic carbocycles. The van der Waals surface area contributed by atoms with Crippen LogP contribution in [0.4, 0.5) is 10.5 Å². The maximum Gasteiger partial charge on any atom is 0.408 e. The van der Waals surface area contributed by atoms with Crippen molar-refractivity contribution >= 4 is 33.6 Å². The Morgan fingerprint density at radius 1 is 0.956 bits per heavy atom. The SMILES string of the molecule is CC(C)(C)OC(=O)NC(C)(C)C(=O)N[C@H](CC1Cc2ccccc2C1)C(=O)N1CCC2(CC1)CN(S(C)(=O)=O)c1ccccc12. The van der Waals surface area contributed by atoms with Crippen LogP contribution in [0, 0.1) is 5.92 Å². The van der Waals surface area contributed by atoms with Crippen molar-refractivity contribution in [2.45, 2.75) is 89.3 Å². The van der Waals surface area contributed by atoms with Gasteiger partial charge in [-0.1, -0.05) is 42.5 Å². The molecule has 1 fully saturated rings. The molecule has 0 unspecified atom stereocenters. The Labute approximate surface area is 266 Å². The average molecular weight is 639 g/mol. The highest BCUT2D eigenvalue weighted by molar-refractivity contribution is 7.92. The zero-order valence-corrected chi connectivity index (χ0v) is 28.0. The minimum atomic E-state index is -3.45. The number of hydrogen-bond acceptors (Lipinski definition) is 6. The van der Waals surface area contributed by atoms with Crippen LogP contribution in [0.3, 0.4) is 0 Å². The fourth-order valence-corrected chi connectivity index (χ4v) is 8.01. The summed E-state index contributed by atoms with van der Waals surface area (Å²) < 4.78 is 32.1. The summed E-state index contributed by atoms with van der Waals surface area (Å²) in [7, 11) is -3.45. The Bertz CT molecular complexity index is 1550. The maximum absolute atomic E-state index is 14.2. The molecular formula is C34H46N4O6S. The Hall–Kier alpha value is -3.60. The quantitative estimate of drug-likeness (QED) is 0.474. The Kier molecular flexibility index (Phi) is 8.72. The molecule has 5 rings (SSSR count). The van der Waals surface area contributed by atoms with Crippen LogP contribution in [0.2, 0.25) is 0 Å². The number of amides is 3. The van der Waals surface area contributed by atoms with Crippen LogP contribution in [0.5, 0.6) is 0 Å². The van der Waals surface area contributed by atoms with Gasteiger partial charge in [-0.3, -0.25) is 13.9 Å². The lowest BCUT2D eigenvalue weighted by molar-refractivity contribution is -0.139. The van der Waals surface area contributed by atoms with Gasteiger partial charge in [0.15, 0.2) is 0 Å². The zero-order valence-electron chi connectivity index (χ0n) is 27.2. The third-order valence-corrected chi connectivity index (χ3v) is 10.4. The molecule has 0 bridgehead atoms. The van der Waals surface area contributed by atoms with Gasteiger partial charge in [0.2, 0.25) is 21.8 Å². The van der Waals surface area contributed by atoms with Gasteiger partial charge in [0, 0.05) is 25.0 Å². The largest absolute Gasteiger partial charge is 0.444 e. The van der Waals surface area contributed by atoms with Crippen molar-refractivity contribution in [2.24, 2.45) is 5.92 Å². The first-order chi connectivity index (χ1) is 21.0. The molecular weight excluding hydrogens is 592 g/mol. The van der Waals surface area contributed by atoms with Crippen molar-refractivity contribution < 1.29 is 27.5 Å². The molecule has 1 spiro atoms. The number of alkyl carbamates (subject to hydrolysis) is 1. The predicted octanol–water partition coefficient (Wildman–Crippen LogP) is 3.92. The third kappa shape index (κ3) is 7.13. The summed E-state index contributed by atoms with van der Waals surface area (Å²) >= 11 is 0. The summed E-state index contributed by atoms with van der Waals surface area (Å²) in [6, 6.07) is 15.1. The normalized spacial score (nSPS) is 18.7. The van der Waals surface area contributed by atoms with E-state index in [-0.39, 0.29) is 17.2 Å². The van der Waals surface area contributed by atoms with Gasteiger partial charge in [0.05, 0.1) is 11.9 Å². The number of hydrogen-bond donors (Lipinski definition) is 2. The smallest absolute Gasteiger partial charge is 0.408 e. The first-order valence-electron chi connectivity index (χ1n) is 15.7. The van der Waals surface area contributed by atoms with E-state index < -0.39 is 39.2 Å². The first kappa shape index (κ1) is 32.8. The second-order valence-corrected chi connectivity index (χ2v) is 16.4. The van der Waals surface area contributed by atoms with E-state index >= 15 is 0 Å². The van der Waals surface area contributed by atoms with E-state index in [1.54, 1.807) is 39.5 Å². The third-order valence-electron chi connectivity index (χ3n) is 9.31. The lowest BCUT2D eigenvalue weighted by Crippen LogP contribution is -2.60. The number of carbonyl (C=O) groups is 3. The second-order valence-electron chi connectivity index (χ2n) is 14.4. The number of anilines is 1. The molecule has 2 aromatic rings. The summed E-state index contributed by atoms with van der Waals surface area (Å²) in [6.07, 6.45) is 3.88. The second kappa shape index (κ2) is 12.0. The molecule has 0 saturated carbocycles. The molecule has 2 aliphatic heterocycles. The van der Waals surface area contributed by atoms with Crippen LogP contribution in [-0.4, -0.2) is 74.3 Å². The molecule has 45 heavy (non-hydrogen) atoms. The molecule has 244 valence electrons. The minimum Gasteiger partial charge on any atom is -0.444 e. The molecule has 3 aliphatic rings. The highest BCUT2D eigenvalue weighted by Gasteiger charge is 2.48. The van der Waals surface area contributed by atoms with Crippen molar-refractivity contribution in [3.63, 3.8) is 0 Å². The lowest BCUT2D eigenvalue weighted by Gasteiger charge is -2.41. The number of nitrogens with one attached hydrogen (secondary N) is 2. The summed E-state index contributed by atoms with van der Waals surface area (Å²) in [5, 5.41) is 5.64. The summed E-state index contributed by atoms with van der Waals surface area (Å²) in [6.45, 7) is 9.68. The Morgan fingerprint density at radius 3 is 2.11 bits per heavy atom. The van der Waals surface area contributed by atoms with Crippen molar-refractivity contribution in [3.05, 3.63) is 65.2 Å². The monoisotopic (exact) mass is 638 g/mol. The van der Waals surface area contributed by atoms with Gasteiger partial charge in [-0.15, -0.1) is 0 Å². The van der Waals surface area contributed by atoms with E-state index in [1.807, 2.05) is 36.4 Å². The van der Waals surface area contributed by atoms with Crippen LogP contribution in [-0.2, 0) is 42.6 Å². The van der Waals surface area contributed by atoms with E-state index in [2.05, 4.69) is 22.8 Å². The molecule has 0 radical (unpaired) electrons. The van der Waals surface area contributed by atoms with Crippen LogP contribution >= 0.6 is 0 Å². The van der Waals surface area contributed by atoms with Crippen molar-refractivity contribution in [2.75, 3.05) is 30.2 Å². The Morgan fingerprint density at radius 2 is 1.53 bits per heavy atom. The van der Waals surface area contributed by atoms with E-state index in [4.69, 9.17) is 4.74 Å². The van der Waals surface area contributed by atoms with Crippen molar-refractivity contribution in [1.29, 1.82) is 0 Å². The van der Waals surface area contributed by atoms with Crippen LogP contribution in [0.25, 0.3) is 0 Å². The van der Waals surface area contributed by atoms with E-state index in [1.165, 1.54) is 21.7 Å². The van der Waals surface area contributed by atoms with E-state index in [0.717, 1.165) is 18.4 Å². The molecule has 1 atom stereocenters. The van der Waals surface area contributed by atoms with Gasteiger partial charge in [-0.2, -0.15) is 0 Å². The van der Waals surface area contributed by atoms with Crippen LogP contribution in [0.1, 0.15) is 70.6 Å². The number of benzene rings is 2. The zero-order chi connectivity index (χ0) is 32.8. The van der Waals surface area contributed by atoms with Crippen LogP contribution < -0.4 is 14.9 Å². The molecule has 3 amide bonds. The van der Waals surface area contributed by atoms with E-state index in [9.17, 15) is 22.8 Å². The summed E-state index contributed by atoms with van der Waals surface area (Å²) in [4.78, 5) is 42.1. The summed E-state index contributed by atoms with van der Waals surface area (Å²) in [5.41, 5.74) is 1.83. The molecule has 0 aromatic heterocycles. The number of likely N-dealkylation sites (tertiary alicyclic amines) is 1. The van der Waals surface area contributed by atoms with Crippen LogP contribution in [0.15, 0.2) is 48.5 Å². The molecule has 10 nitrogen and oxygen atoms in total. The number of carbonyl (C=O) groups excluding carboxylic acids is 3. The number of sulfonamides is 1. The number of rotatable bonds is 7. The van der Waals surface area contributed by atoms with Gasteiger partial charge in [0.25, 0.3) is 0 Å². The molecule has 2 heterocycles.